The Bertz CT molecular complexity index is 551. The van der Waals surface area contributed by atoms with E-state index in [0.717, 1.165) is 17.1 Å². The molecular weight excluding hydrogens is 243 g/mol. The van der Waals surface area contributed by atoms with E-state index in [1.54, 1.807) is 12.1 Å². The Labute approximate surface area is 112 Å². The third-order valence-corrected chi connectivity index (χ3v) is 3.08. The van der Waals surface area contributed by atoms with Crippen molar-refractivity contribution in [3.63, 3.8) is 0 Å². The van der Waals surface area contributed by atoms with E-state index in [0.29, 0.717) is 25.2 Å². The molecule has 19 heavy (non-hydrogen) atoms. The zero-order valence-electron chi connectivity index (χ0n) is 11.3. The molecule has 0 saturated heterocycles. The van der Waals surface area contributed by atoms with Crippen molar-refractivity contribution in [3.05, 3.63) is 58.8 Å². The lowest BCUT2D eigenvalue weighted by molar-refractivity contribution is 0.280. The highest BCUT2D eigenvalue weighted by atomic mass is 19.1. The van der Waals surface area contributed by atoms with Gasteiger partial charge in [0.25, 0.3) is 0 Å². The fourth-order valence-corrected chi connectivity index (χ4v) is 2.11. The summed E-state index contributed by atoms with van der Waals surface area (Å²) in [7, 11) is 1.94. The molecule has 102 valence electrons. The standard InChI is InChI=1S/C15H19FN2O/c1-11-7-13(19-15(11)8-17)10-18(2)9-12-5-3-4-6-14(12)16/h3-7H,8-10,17H2,1-2H3. The van der Waals surface area contributed by atoms with Gasteiger partial charge in [-0.3, -0.25) is 4.90 Å². The first-order valence-corrected chi connectivity index (χ1v) is 6.30. The molecule has 0 aliphatic rings. The summed E-state index contributed by atoms with van der Waals surface area (Å²) in [5.41, 5.74) is 7.34. The summed E-state index contributed by atoms with van der Waals surface area (Å²) >= 11 is 0. The third-order valence-electron chi connectivity index (χ3n) is 3.08. The predicted molar refractivity (Wildman–Crippen MR) is 72.9 cm³/mol. The number of nitrogens with two attached hydrogens (primary N) is 1. The minimum Gasteiger partial charge on any atom is -0.463 e. The second kappa shape index (κ2) is 5.99. The van der Waals surface area contributed by atoms with Gasteiger partial charge >= 0.3 is 0 Å². The second-order valence-electron chi connectivity index (χ2n) is 4.79. The number of hydrogen-bond donors (Lipinski definition) is 1. The number of benzene rings is 1. The highest BCUT2D eigenvalue weighted by Crippen LogP contribution is 2.17. The van der Waals surface area contributed by atoms with Crippen molar-refractivity contribution in [3.8, 4) is 0 Å². The van der Waals surface area contributed by atoms with Crippen LogP contribution in [0.3, 0.4) is 0 Å². The van der Waals surface area contributed by atoms with E-state index in [9.17, 15) is 4.39 Å². The minimum atomic E-state index is -0.173. The van der Waals surface area contributed by atoms with Crippen LogP contribution in [0.4, 0.5) is 4.39 Å². The molecule has 0 radical (unpaired) electrons. The van der Waals surface area contributed by atoms with Crippen LogP contribution in [0.25, 0.3) is 0 Å². The molecule has 0 fully saturated rings. The average molecular weight is 262 g/mol. The van der Waals surface area contributed by atoms with Crippen molar-refractivity contribution < 1.29 is 8.81 Å². The quantitative estimate of drug-likeness (QED) is 0.901. The molecule has 4 heteroatoms. The molecule has 0 amide bonds. The smallest absolute Gasteiger partial charge is 0.127 e. The predicted octanol–water partition coefficient (Wildman–Crippen LogP) is 2.82. The lowest BCUT2D eigenvalue weighted by Gasteiger charge is -2.15. The number of hydrogen-bond acceptors (Lipinski definition) is 3. The van der Waals surface area contributed by atoms with Gasteiger partial charge < -0.3 is 10.2 Å². The second-order valence-corrected chi connectivity index (χ2v) is 4.79. The maximum absolute atomic E-state index is 13.5. The van der Waals surface area contributed by atoms with Crippen LogP contribution in [0.15, 0.2) is 34.7 Å². The molecule has 1 heterocycles. The first-order valence-electron chi connectivity index (χ1n) is 6.30. The van der Waals surface area contributed by atoms with E-state index < -0.39 is 0 Å². The highest BCUT2D eigenvalue weighted by Gasteiger charge is 2.10. The largest absolute Gasteiger partial charge is 0.463 e. The van der Waals surface area contributed by atoms with Gasteiger partial charge in [-0.1, -0.05) is 18.2 Å². The third kappa shape index (κ3) is 3.43. The van der Waals surface area contributed by atoms with Gasteiger partial charge in [-0.25, -0.2) is 4.39 Å². The Kier molecular flexibility index (Phi) is 4.35. The maximum Gasteiger partial charge on any atom is 0.127 e. The van der Waals surface area contributed by atoms with Gasteiger partial charge in [-0.05, 0) is 31.7 Å². The van der Waals surface area contributed by atoms with Crippen molar-refractivity contribution in [1.82, 2.24) is 4.90 Å². The van der Waals surface area contributed by atoms with Crippen LogP contribution in [0, 0.1) is 12.7 Å². The van der Waals surface area contributed by atoms with Crippen LogP contribution in [0.5, 0.6) is 0 Å². The van der Waals surface area contributed by atoms with E-state index in [-0.39, 0.29) is 5.82 Å². The molecule has 2 rings (SSSR count). The normalized spacial score (nSPS) is 11.2. The SMILES string of the molecule is Cc1cc(CN(C)Cc2ccccc2F)oc1CN. The van der Waals surface area contributed by atoms with Gasteiger partial charge in [0, 0.05) is 12.1 Å². The summed E-state index contributed by atoms with van der Waals surface area (Å²) in [6.45, 7) is 3.56. The van der Waals surface area contributed by atoms with Crippen LogP contribution in [-0.2, 0) is 19.6 Å². The summed E-state index contributed by atoms with van der Waals surface area (Å²) < 4.78 is 19.2. The van der Waals surface area contributed by atoms with E-state index >= 15 is 0 Å². The first kappa shape index (κ1) is 13.8. The lowest BCUT2D eigenvalue weighted by Crippen LogP contribution is -2.17. The zero-order valence-corrected chi connectivity index (χ0v) is 11.3. The van der Waals surface area contributed by atoms with Gasteiger partial charge in [-0.2, -0.15) is 0 Å². The average Bonchev–Trinajstić information content (AvgIpc) is 2.72. The van der Waals surface area contributed by atoms with Crippen LogP contribution >= 0.6 is 0 Å². The van der Waals surface area contributed by atoms with Gasteiger partial charge in [0.2, 0.25) is 0 Å². The molecular formula is C15H19FN2O. The van der Waals surface area contributed by atoms with Crippen LogP contribution < -0.4 is 5.73 Å². The van der Waals surface area contributed by atoms with Crippen molar-refractivity contribution >= 4 is 0 Å². The molecule has 0 unspecified atom stereocenters. The summed E-state index contributed by atoms with van der Waals surface area (Å²) in [4.78, 5) is 2.01. The Balaban J connectivity index is 2.01. The first-order chi connectivity index (χ1) is 9.10. The fourth-order valence-electron chi connectivity index (χ4n) is 2.11. The summed E-state index contributed by atoms with van der Waals surface area (Å²) in [5.74, 6) is 1.50. The highest BCUT2D eigenvalue weighted by molar-refractivity contribution is 5.20. The van der Waals surface area contributed by atoms with Crippen LogP contribution in [-0.4, -0.2) is 11.9 Å². The van der Waals surface area contributed by atoms with Crippen molar-refractivity contribution in [2.24, 2.45) is 5.73 Å². The summed E-state index contributed by atoms with van der Waals surface area (Å²) in [6.07, 6.45) is 0. The summed E-state index contributed by atoms with van der Waals surface area (Å²) in [5, 5.41) is 0. The number of nitrogens with zero attached hydrogens (tertiary/aromatic N) is 1. The Morgan fingerprint density at radius 1 is 1.26 bits per heavy atom. The molecule has 2 N–H and O–H groups in total. The molecule has 1 aromatic heterocycles. The van der Waals surface area contributed by atoms with E-state index in [1.165, 1.54) is 6.07 Å². The van der Waals surface area contributed by atoms with Gasteiger partial charge in [-0.15, -0.1) is 0 Å². The minimum absolute atomic E-state index is 0.173. The van der Waals surface area contributed by atoms with E-state index in [1.807, 2.05) is 31.0 Å². The van der Waals surface area contributed by atoms with Crippen molar-refractivity contribution in [2.45, 2.75) is 26.6 Å². The van der Waals surface area contributed by atoms with Crippen LogP contribution in [0.1, 0.15) is 22.6 Å². The molecule has 3 nitrogen and oxygen atoms in total. The van der Waals surface area contributed by atoms with Crippen molar-refractivity contribution in [1.29, 1.82) is 0 Å². The van der Waals surface area contributed by atoms with Gasteiger partial charge in [0.05, 0.1) is 13.1 Å². The number of halogens is 1. The fraction of sp³-hybridized carbons (Fsp3) is 0.333. The summed E-state index contributed by atoms with van der Waals surface area (Å²) in [6, 6.07) is 8.80. The monoisotopic (exact) mass is 262 g/mol. The lowest BCUT2D eigenvalue weighted by atomic mass is 10.2. The molecule has 0 bridgehead atoms. The molecule has 2 aromatic rings. The molecule has 0 atom stereocenters. The number of aryl methyl sites for hydroxylation is 1. The molecule has 1 aromatic carbocycles. The van der Waals surface area contributed by atoms with Gasteiger partial charge in [0.1, 0.15) is 17.3 Å². The van der Waals surface area contributed by atoms with E-state index in [4.69, 9.17) is 10.2 Å². The topological polar surface area (TPSA) is 42.4 Å². The van der Waals surface area contributed by atoms with Gasteiger partial charge in [0.15, 0.2) is 0 Å². The van der Waals surface area contributed by atoms with Crippen LogP contribution in [0.2, 0.25) is 0 Å². The van der Waals surface area contributed by atoms with E-state index in [2.05, 4.69) is 0 Å². The Morgan fingerprint density at radius 2 is 2.00 bits per heavy atom. The Morgan fingerprint density at radius 3 is 2.63 bits per heavy atom. The molecule has 0 saturated carbocycles. The molecule has 0 spiro atoms. The molecule has 0 aliphatic heterocycles. The number of furan rings is 1. The molecule has 0 aliphatic carbocycles. The maximum atomic E-state index is 13.5. The zero-order chi connectivity index (χ0) is 13.8. The Hall–Kier alpha value is -1.65. The van der Waals surface area contributed by atoms with Crippen molar-refractivity contribution in [2.75, 3.05) is 7.05 Å². The number of rotatable bonds is 5.